The van der Waals surface area contributed by atoms with Crippen LogP contribution in [0.2, 0.25) is 0 Å². The lowest BCUT2D eigenvalue weighted by atomic mass is 9.78. The zero-order chi connectivity index (χ0) is 27.9. The number of benzene rings is 2. The van der Waals surface area contributed by atoms with Gasteiger partial charge in [-0.05, 0) is 61.2 Å². The minimum atomic E-state index is -2.65. The van der Waals surface area contributed by atoms with Gasteiger partial charge >= 0.3 is 5.97 Å². The predicted octanol–water partition coefficient (Wildman–Crippen LogP) is 6.18. The van der Waals surface area contributed by atoms with Crippen LogP contribution in [0, 0.1) is 12.8 Å². The molecule has 1 aliphatic heterocycles. The number of carboxylic acid groups (broad SMARTS) is 1. The van der Waals surface area contributed by atoms with E-state index in [-0.39, 0.29) is 19.0 Å². The van der Waals surface area contributed by atoms with Crippen molar-refractivity contribution < 1.29 is 23.4 Å². The van der Waals surface area contributed by atoms with Gasteiger partial charge in [0.1, 0.15) is 18.2 Å². The molecule has 208 valence electrons. The van der Waals surface area contributed by atoms with Crippen LogP contribution >= 0.6 is 0 Å². The zero-order valence-electron chi connectivity index (χ0n) is 22.4. The summed E-state index contributed by atoms with van der Waals surface area (Å²) in [5.41, 5.74) is 5.20. The van der Waals surface area contributed by atoms with Gasteiger partial charge in [0.2, 0.25) is 0 Å². The average molecular weight is 547 g/mol. The summed E-state index contributed by atoms with van der Waals surface area (Å²) in [5.74, 6) is -2.74. The summed E-state index contributed by atoms with van der Waals surface area (Å²) >= 11 is 0. The van der Waals surface area contributed by atoms with Crippen molar-refractivity contribution in [1.29, 1.82) is 0 Å². The second kappa shape index (κ2) is 10.5. The lowest BCUT2D eigenvalue weighted by Gasteiger charge is -2.40. The number of carbonyl (C=O) groups is 1. The molecule has 2 aromatic carbocycles. The molecule has 0 spiro atoms. The van der Waals surface area contributed by atoms with Crippen LogP contribution in [-0.2, 0) is 17.9 Å². The van der Waals surface area contributed by atoms with E-state index in [9.17, 15) is 18.7 Å². The number of halogens is 2. The third-order valence-electron chi connectivity index (χ3n) is 7.98. The van der Waals surface area contributed by atoms with E-state index in [2.05, 4.69) is 9.55 Å². The maximum atomic E-state index is 13.5. The van der Waals surface area contributed by atoms with E-state index in [1.165, 1.54) is 0 Å². The van der Waals surface area contributed by atoms with Gasteiger partial charge in [-0.2, -0.15) is 0 Å². The minimum absolute atomic E-state index is 0.211. The first kappa shape index (κ1) is 26.2. The Morgan fingerprint density at radius 1 is 1.10 bits per heavy atom. The van der Waals surface area contributed by atoms with Crippen LogP contribution in [0.15, 0.2) is 60.8 Å². The Kier molecular flexibility index (Phi) is 6.90. The number of imidazole rings is 1. The standard InChI is InChI=1S/C31H32F2N4O3/c1-20-9-10-22(34-15-20)17-40-24-11-12-27-28(14-24)37(29(35-27)25-7-2-3-8-26(25)30(38)39)16-21-5-4-6-23(13-21)36-18-31(32,33)19-36/h4-6,9-15,25-26H,2-3,7-8,16-19H2,1H3,(H,38,39)/t25-,26+/m1/s1. The van der Waals surface area contributed by atoms with Gasteiger partial charge in [0.25, 0.3) is 5.92 Å². The molecule has 6 rings (SSSR count). The Morgan fingerprint density at radius 3 is 2.67 bits per heavy atom. The molecule has 2 atom stereocenters. The highest BCUT2D eigenvalue weighted by Crippen LogP contribution is 2.40. The number of alkyl halides is 2. The number of anilines is 1. The molecule has 1 aliphatic carbocycles. The smallest absolute Gasteiger partial charge is 0.307 e. The second-order valence-corrected chi connectivity index (χ2v) is 11.0. The molecule has 0 radical (unpaired) electrons. The molecule has 3 heterocycles. The molecule has 2 aliphatic rings. The summed E-state index contributed by atoms with van der Waals surface area (Å²) in [6.07, 6.45) is 5.03. The molecular formula is C31H32F2N4O3. The number of pyridine rings is 1. The van der Waals surface area contributed by atoms with E-state index in [1.807, 2.05) is 67.7 Å². The number of nitrogens with zero attached hydrogens (tertiary/aromatic N) is 4. The van der Waals surface area contributed by atoms with Crippen LogP contribution in [0.1, 0.15) is 54.2 Å². The Hall–Kier alpha value is -4.01. The van der Waals surface area contributed by atoms with Gasteiger partial charge in [-0.1, -0.05) is 31.0 Å². The highest BCUT2D eigenvalue weighted by Gasteiger charge is 2.44. The first-order valence-electron chi connectivity index (χ1n) is 13.7. The molecule has 0 bridgehead atoms. The minimum Gasteiger partial charge on any atom is -0.487 e. The number of aliphatic carboxylic acids is 1. The van der Waals surface area contributed by atoms with Crippen LogP contribution in [-0.4, -0.2) is 44.6 Å². The van der Waals surface area contributed by atoms with Crippen molar-refractivity contribution in [2.75, 3.05) is 18.0 Å². The molecule has 40 heavy (non-hydrogen) atoms. The number of hydrogen-bond acceptors (Lipinski definition) is 5. The molecule has 1 N–H and O–H groups in total. The van der Waals surface area contributed by atoms with Crippen molar-refractivity contribution in [3.63, 3.8) is 0 Å². The van der Waals surface area contributed by atoms with E-state index >= 15 is 0 Å². The fourth-order valence-corrected chi connectivity index (χ4v) is 5.87. The lowest BCUT2D eigenvalue weighted by molar-refractivity contribution is -0.143. The quantitative estimate of drug-likeness (QED) is 0.284. The third-order valence-corrected chi connectivity index (χ3v) is 7.98. The summed E-state index contributed by atoms with van der Waals surface area (Å²) in [5, 5.41) is 10.0. The van der Waals surface area contributed by atoms with Crippen molar-refractivity contribution >= 4 is 22.7 Å². The first-order chi connectivity index (χ1) is 19.3. The number of aryl methyl sites for hydroxylation is 1. The first-order valence-corrected chi connectivity index (χ1v) is 13.7. The zero-order valence-corrected chi connectivity index (χ0v) is 22.4. The van der Waals surface area contributed by atoms with Crippen molar-refractivity contribution in [3.8, 4) is 5.75 Å². The number of ether oxygens (including phenoxy) is 1. The lowest BCUT2D eigenvalue weighted by Crippen LogP contribution is -2.56. The summed E-state index contributed by atoms with van der Waals surface area (Å²) in [6.45, 7) is 2.18. The number of aromatic nitrogens is 3. The second-order valence-electron chi connectivity index (χ2n) is 11.0. The Balaban J connectivity index is 1.35. The highest BCUT2D eigenvalue weighted by atomic mass is 19.3. The van der Waals surface area contributed by atoms with Gasteiger partial charge in [-0.25, -0.2) is 13.8 Å². The summed E-state index contributed by atoms with van der Waals surface area (Å²) in [6, 6.07) is 17.3. The van der Waals surface area contributed by atoms with Crippen LogP contribution in [0.25, 0.3) is 11.0 Å². The Labute approximate surface area is 231 Å². The fraction of sp³-hybridized carbons (Fsp3) is 0.387. The highest BCUT2D eigenvalue weighted by molar-refractivity contribution is 5.79. The van der Waals surface area contributed by atoms with Gasteiger partial charge in [0, 0.05) is 30.4 Å². The predicted molar refractivity (Wildman–Crippen MR) is 148 cm³/mol. The molecule has 0 amide bonds. The van der Waals surface area contributed by atoms with E-state index in [4.69, 9.17) is 9.72 Å². The van der Waals surface area contributed by atoms with E-state index in [0.717, 1.165) is 58.6 Å². The third kappa shape index (κ3) is 5.37. The molecule has 1 saturated heterocycles. The number of hydrogen-bond donors (Lipinski definition) is 1. The van der Waals surface area contributed by atoms with Crippen LogP contribution < -0.4 is 9.64 Å². The largest absolute Gasteiger partial charge is 0.487 e. The van der Waals surface area contributed by atoms with Gasteiger partial charge in [-0.3, -0.25) is 9.78 Å². The van der Waals surface area contributed by atoms with Gasteiger partial charge < -0.3 is 19.3 Å². The topological polar surface area (TPSA) is 80.5 Å². The van der Waals surface area contributed by atoms with Crippen molar-refractivity contribution in [1.82, 2.24) is 14.5 Å². The van der Waals surface area contributed by atoms with Gasteiger partial charge in [0.05, 0.1) is 35.7 Å². The van der Waals surface area contributed by atoms with E-state index in [0.29, 0.717) is 25.3 Å². The molecule has 2 fully saturated rings. The molecule has 1 saturated carbocycles. The van der Waals surface area contributed by atoms with Crippen LogP contribution in [0.3, 0.4) is 0 Å². The van der Waals surface area contributed by atoms with Crippen molar-refractivity contribution in [2.24, 2.45) is 5.92 Å². The van der Waals surface area contributed by atoms with Crippen molar-refractivity contribution in [3.05, 3.63) is 83.4 Å². The van der Waals surface area contributed by atoms with Gasteiger partial charge in [-0.15, -0.1) is 0 Å². The number of rotatable bonds is 8. The molecular weight excluding hydrogens is 514 g/mol. The maximum absolute atomic E-state index is 13.5. The fourth-order valence-electron chi connectivity index (χ4n) is 5.87. The van der Waals surface area contributed by atoms with Gasteiger partial charge in [0.15, 0.2) is 0 Å². The summed E-state index contributed by atoms with van der Waals surface area (Å²) < 4.78 is 35.2. The van der Waals surface area contributed by atoms with Crippen molar-refractivity contribution in [2.45, 2.75) is 57.6 Å². The Morgan fingerprint density at radius 2 is 1.93 bits per heavy atom. The average Bonchev–Trinajstić information content (AvgIpc) is 3.28. The van der Waals surface area contributed by atoms with E-state index in [1.54, 1.807) is 4.90 Å². The molecule has 4 aromatic rings. The van der Waals surface area contributed by atoms with Crippen LogP contribution in [0.4, 0.5) is 14.5 Å². The SMILES string of the molecule is Cc1ccc(COc2ccc3nc([C@@H]4CCCC[C@@H]4C(=O)O)n(Cc4cccc(N5CC(F)(F)C5)c4)c3c2)nc1. The number of carboxylic acids is 1. The normalized spacial score (nSPS) is 20.3. The monoisotopic (exact) mass is 546 g/mol. The molecule has 2 aromatic heterocycles. The maximum Gasteiger partial charge on any atom is 0.307 e. The Bertz CT molecular complexity index is 1530. The summed E-state index contributed by atoms with van der Waals surface area (Å²) in [4.78, 5) is 23.2. The van der Waals surface area contributed by atoms with E-state index < -0.39 is 17.8 Å². The van der Waals surface area contributed by atoms with Crippen LogP contribution in [0.5, 0.6) is 5.75 Å². The molecule has 9 heteroatoms. The molecule has 0 unspecified atom stereocenters. The number of fused-ring (bicyclic) bond motifs is 1. The summed E-state index contributed by atoms with van der Waals surface area (Å²) in [7, 11) is 0. The molecule has 7 nitrogen and oxygen atoms in total.